The number of rotatable bonds is 9. The van der Waals surface area contributed by atoms with Gasteiger partial charge in [0.15, 0.2) is 11.1 Å². The lowest BCUT2D eigenvalue weighted by Crippen LogP contribution is -2.69. The van der Waals surface area contributed by atoms with Crippen LogP contribution in [0.25, 0.3) is 0 Å². The van der Waals surface area contributed by atoms with Crippen LogP contribution < -0.4 is 4.72 Å². The van der Waals surface area contributed by atoms with E-state index in [2.05, 4.69) is 9.71 Å². The number of hydrogen-bond donors (Lipinski definition) is 1. The number of cyclic esters (lactones) is 1. The summed E-state index contributed by atoms with van der Waals surface area (Å²) in [5, 5.41) is 0. The number of sulfonamides is 1. The van der Waals surface area contributed by atoms with Crippen molar-refractivity contribution < 1.29 is 27.5 Å². The van der Waals surface area contributed by atoms with Gasteiger partial charge in [-0.05, 0) is 50.6 Å². The van der Waals surface area contributed by atoms with Gasteiger partial charge in [-0.2, -0.15) is 4.72 Å². The van der Waals surface area contributed by atoms with E-state index in [4.69, 9.17) is 9.47 Å². The number of hydrogen-bond acceptors (Lipinski definition) is 7. The lowest BCUT2D eigenvalue weighted by Gasteiger charge is -2.39. The molecule has 2 unspecified atom stereocenters. The second kappa shape index (κ2) is 10.3. The van der Waals surface area contributed by atoms with E-state index in [-0.39, 0.29) is 23.8 Å². The number of nitrogens with one attached hydrogen (secondary N) is 1. The number of carbonyl (C=O) groups excluding carboxylic acids is 2. The van der Waals surface area contributed by atoms with Crippen LogP contribution in [0.2, 0.25) is 0 Å². The molecule has 3 aromatic rings. The number of aryl methyl sites for hydroxylation is 1. The summed E-state index contributed by atoms with van der Waals surface area (Å²) in [7, 11) is -4.30. The molecule has 0 aliphatic carbocycles. The minimum Gasteiger partial charge on any atom is -0.465 e. The third-order valence-corrected chi connectivity index (χ3v) is 7.89. The van der Waals surface area contributed by atoms with Gasteiger partial charge < -0.3 is 9.47 Å². The van der Waals surface area contributed by atoms with E-state index in [0.717, 1.165) is 5.56 Å². The summed E-state index contributed by atoms with van der Waals surface area (Å²) in [6.07, 6.45) is -0.116. The molecule has 9 heteroatoms. The first-order chi connectivity index (χ1) is 17.6. The van der Waals surface area contributed by atoms with E-state index < -0.39 is 33.0 Å². The number of carbonyl (C=O) groups is 2. The van der Waals surface area contributed by atoms with Crippen LogP contribution in [-0.4, -0.2) is 43.9 Å². The van der Waals surface area contributed by atoms with Crippen LogP contribution in [0.4, 0.5) is 0 Å². The molecule has 4 rings (SSSR count). The summed E-state index contributed by atoms with van der Waals surface area (Å²) in [5.41, 5.74) is -2.12. The Morgan fingerprint density at radius 1 is 1.00 bits per heavy atom. The van der Waals surface area contributed by atoms with Crippen molar-refractivity contribution in [2.24, 2.45) is 4.99 Å². The fourth-order valence-electron chi connectivity index (χ4n) is 4.23. The minimum atomic E-state index is -4.30. The zero-order valence-electron chi connectivity index (χ0n) is 20.8. The third-order valence-electron chi connectivity index (χ3n) is 6.32. The Hall–Kier alpha value is -3.82. The van der Waals surface area contributed by atoms with Gasteiger partial charge in [0.25, 0.3) is 0 Å². The zero-order chi connectivity index (χ0) is 26.7. The number of nitrogens with zero attached hydrogens (tertiary/aromatic N) is 1. The molecule has 1 aliphatic heterocycles. The molecule has 0 saturated carbocycles. The molecule has 0 bridgehead atoms. The SMILES string of the molecule is CCOC(=O)C(C)(NS(=O)(=O)c1ccc(C)cc1)C1(Cc2ccccc2)N=C(c2ccccc2)OC1=O. The van der Waals surface area contributed by atoms with Gasteiger partial charge in [0.1, 0.15) is 0 Å². The van der Waals surface area contributed by atoms with Crippen molar-refractivity contribution in [1.29, 1.82) is 0 Å². The Morgan fingerprint density at radius 3 is 2.19 bits per heavy atom. The van der Waals surface area contributed by atoms with Gasteiger partial charge in [0.2, 0.25) is 15.9 Å². The fourth-order valence-corrected chi connectivity index (χ4v) is 5.63. The van der Waals surface area contributed by atoms with Crippen LogP contribution >= 0.6 is 0 Å². The number of benzene rings is 3. The van der Waals surface area contributed by atoms with Gasteiger partial charge in [-0.1, -0.05) is 66.2 Å². The molecule has 1 N–H and O–H groups in total. The molecule has 37 heavy (non-hydrogen) atoms. The highest BCUT2D eigenvalue weighted by Crippen LogP contribution is 2.39. The lowest BCUT2D eigenvalue weighted by atomic mass is 9.75. The summed E-state index contributed by atoms with van der Waals surface area (Å²) in [4.78, 5) is 31.9. The first-order valence-electron chi connectivity index (χ1n) is 11.8. The van der Waals surface area contributed by atoms with Crippen LogP contribution in [0.1, 0.15) is 30.5 Å². The topological polar surface area (TPSA) is 111 Å². The zero-order valence-corrected chi connectivity index (χ0v) is 21.6. The second-order valence-corrected chi connectivity index (χ2v) is 10.6. The van der Waals surface area contributed by atoms with E-state index >= 15 is 0 Å². The predicted molar refractivity (Wildman–Crippen MR) is 138 cm³/mol. The lowest BCUT2D eigenvalue weighted by molar-refractivity contribution is -0.158. The monoisotopic (exact) mass is 520 g/mol. The Balaban J connectivity index is 1.92. The summed E-state index contributed by atoms with van der Waals surface area (Å²) < 4.78 is 40.5. The van der Waals surface area contributed by atoms with Crippen LogP contribution in [0.5, 0.6) is 0 Å². The van der Waals surface area contributed by atoms with E-state index in [1.165, 1.54) is 19.1 Å². The van der Waals surface area contributed by atoms with Gasteiger partial charge in [0.05, 0.1) is 11.5 Å². The Bertz CT molecular complexity index is 1420. The average Bonchev–Trinajstić information content (AvgIpc) is 3.22. The van der Waals surface area contributed by atoms with Crippen LogP contribution in [0.15, 0.2) is 94.8 Å². The van der Waals surface area contributed by atoms with E-state index in [1.54, 1.807) is 73.7 Å². The van der Waals surface area contributed by atoms with Gasteiger partial charge in [-0.15, -0.1) is 0 Å². The summed E-state index contributed by atoms with van der Waals surface area (Å²) in [6, 6.07) is 23.8. The maximum absolute atomic E-state index is 13.7. The second-order valence-electron chi connectivity index (χ2n) is 8.96. The number of ether oxygens (including phenoxy) is 2. The van der Waals surface area contributed by atoms with Crippen molar-refractivity contribution in [3.63, 3.8) is 0 Å². The van der Waals surface area contributed by atoms with E-state index in [9.17, 15) is 18.0 Å². The molecule has 0 amide bonds. The molecule has 3 aromatic carbocycles. The molecule has 0 fully saturated rings. The molecule has 1 aliphatic rings. The first kappa shape index (κ1) is 26.2. The Labute approximate surface area is 216 Å². The maximum atomic E-state index is 13.7. The van der Waals surface area contributed by atoms with E-state index in [1.807, 2.05) is 13.0 Å². The molecule has 0 radical (unpaired) electrons. The van der Waals surface area contributed by atoms with Crippen molar-refractivity contribution in [3.8, 4) is 0 Å². The molecule has 0 aromatic heterocycles. The highest BCUT2D eigenvalue weighted by atomic mass is 32.2. The Morgan fingerprint density at radius 2 is 1.59 bits per heavy atom. The highest BCUT2D eigenvalue weighted by Gasteiger charge is 2.65. The van der Waals surface area contributed by atoms with Crippen molar-refractivity contribution >= 4 is 27.9 Å². The van der Waals surface area contributed by atoms with Gasteiger partial charge in [-0.3, -0.25) is 0 Å². The van der Waals surface area contributed by atoms with Gasteiger partial charge >= 0.3 is 11.9 Å². The standard InChI is InChI=1S/C28H28N2O6S/c1-4-35-25(31)27(3,30-37(33,34)23-17-15-20(2)16-18-23)28(19-21-11-7-5-8-12-21)26(32)36-24(29-28)22-13-9-6-10-14-22/h5-18,30H,4,19H2,1-3H3. The summed E-state index contributed by atoms with van der Waals surface area (Å²) in [5.74, 6) is -1.82. The maximum Gasteiger partial charge on any atom is 0.343 e. The quantitative estimate of drug-likeness (QED) is 0.432. The summed E-state index contributed by atoms with van der Waals surface area (Å²) in [6.45, 7) is 4.71. The van der Waals surface area contributed by atoms with E-state index in [0.29, 0.717) is 11.1 Å². The molecule has 0 saturated heterocycles. The van der Waals surface area contributed by atoms with Gasteiger partial charge in [-0.25, -0.2) is 23.0 Å². The predicted octanol–water partition coefficient (Wildman–Crippen LogP) is 3.58. The van der Waals surface area contributed by atoms with Crippen LogP contribution in [0.3, 0.4) is 0 Å². The highest BCUT2D eigenvalue weighted by molar-refractivity contribution is 7.89. The minimum absolute atomic E-state index is 0.00779. The van der Waals surface area contributed by atoms with Crippen LogP contribution in [0, 0.1) is 6.92 Å². The van der Waals surface area contributed by atoms with Crippen molar-refractivity contribution in [2.75, 3.05) is 6.61 Å². The molecule has 0 spiro atoms. The Kier molecular flexibility index (Phi) is 7.29. The van der Waals surface area contributed by atoms with Crippen molar-refractivity contribution in [2.45, 2.75) is 43.2 Å². The molecule has 2 atom stereocenters. The fraction of sp³-hybridized carbons (Fsp3) is 0.250. The van der Waals surface area contributed by atoms with Gasteiger partial charge in [0, 0.05) is 12.0 Å². The molecular formula is C28H28N2O6S. The summed E-state index contributed by atoms with van der Waals surface area (Å²) >= 11 is 0. The smallest absolute Gasteiger partial charge is 0.343 e. The molecule has 8 nitrogen and oxygen atoms in total. The number of esters is 2. The van der Waals surface area contributed by atoms with Crippen LogP contribution in [-0.2, 0) is 35.5 Å². The first-order valence-corrected chi connectivity index (χ1v) is 13.3. The number of aliphatic imine (C=N–C) groups is 1. The molecule has 192 valence electrons. The normalized spacial score (nSPS) is 19.0. The van der Waals surface area contributed by atoms with Crippen molar-refractivity contribution in [1.82, 2.24) is 4.72 Å². The average molecular weight is 521 g/mol. The molecule has 1 heterocycles. The van der Waals surface area contributed by atoms with Crippen molar-refractivity contribution in [3.05, 3.63) is 102 Å². The largest absolute Gasteiger partial charge is 0.465 e. The molecular weight excluding hydrogens is 492 g/mol. The third kappa shape index (κ3) is 5.05.